The summed E-state index contributed by atoms with van der Waals surface area (Å²) in [4.78, 5) is 0. The number of halogens is 1. The molecule has 4 rings (SSSR count). The van der Waals surface area contributed by atoms with Gasteiger partial charge in [0.1, 0.15) is 11.9 Å². The van der Waals surface area contributed by atoms with Gasteiger partial charge in [-0.25, -0.2) is 0 Å². The van der Waals surface area contributed by atoms with E-state index in [9.17, 15) is 0 Å². The van der Waals surface area contributed by atoms with E-state index in [0.717, 1.165) is 28.1 Å². The lowest BCUT2D eigenvalue weighted by atomic mass is 9.92. The van der Waals surface area contributed by atoms with E-state index in [2.05, 4.69) is 46.3 Å². The zero-order chi connectivity index (χ0) is 14.4. The molecule has 0 spiro atoms. The minimum Gasteiger partial charge on any atom is -0.485 e. The first kappa shape index (κ1) is 13.4. The third-order valence-corrected chi connectivity index (χ3v) is 4.93. The minimum atomic E-state index is 0.0285. The Labute approximate surface area is 133 Å². The van der Waals surface area contributed by atoms with Gasteiger partial charge in [-0.15, -0.1) is 0 Å². The van der Waals surface area contributed by atoms with E-state index < -0.39 is 0 Å². The quantitative estimate of drug-likeness (QED) is 0.845. The van der Waals surface area contributed by atoms with Crippen LogP contribution in [0.15, 0.2) is 46.9 Å². The highest BCUT2D eigenvalue weighted by molar-refractivity contribution is 9.10. The van der Waals surface area contributed by atoms with Crippen molar-refractivity contribution in [2.75, 3.05) is 0 Å². The second-order valence-electron chi connectivity index (χ2n) is 6.08. The summed E-state index contributed by atoms with van der Waals surface area (Å²) in [5.74, 6) is 1.68. The molecule has 1 saturated carbocycles. The van der Waals surface area contributed by atoms with Crippen molar-refractivity contribution >= 4 is 15.9 Å². The fourth-order valence-corrected chi connectivity index (χ4v) is 3.49. The summed E-state index contributed by atoms with van der Waals surface area (Å²) in [5.41, 5.74) is 10.2. The standard InChI is InChI=1S/C18H18BrNO/c19-14-6-7-17-15(9-14)16(20)10-18(21-17)13-3-1-2-12(8-13)11-4-5-11/h1-3,6-9,11,16,18H,4-5,10,20H2/t16-,18?/m1/s1. The maximum absolute atomic E-state index is 6.35. The van der Waals surface area contributed by atoms with Crippen LogP contribution in [0.5, 0.6) is 5.75 Å². The summed E-state index contributed by atoms with van der Waals surface area (Å²) >= 11 is 3.50. The van der Waals surface area contributed by atoms with Gasteiger partial charge in [0.15, 0.2) is 0 Å². The van der Waals surface area contributed by atoms with Crippen LogP contribution >= 0.6 is 15.9 Å². The topological polar surface area (TPSA) is 35.2 Å². The predicted octanol–water partition coefficient (Wildman–Crippen LogP) is 4.85. The molecular formula is C18H18BrNO. The Morgan fingerprint density at radius 2 is 1.86 bits per heavy atom. The number of ether oxygens (including phenoxy) is 1. The molecule has 3 heteroatoms. The summed E-state index contributed by atoms with van der Waals surface area (Å²) in [5, 5.41) is 0. The Bertz CT molecular complexity index is 681. The van der Waals surface area contributed by atoms with Crippen LogP contribution in [0.1, 0.15) is 54.0 Å². The molecule has 1 aliphatic carbocycles. The fourth-order valence-electron chi connectivity index (χ4n) is 3.11. The maximum Gasteiger partial charge on any atom is 0.126 e. The normalized spacial score (nSPS) is 24.3. The molecule has 1 heterocycles. The molecular weight excluding hydrogens is 326 g/mol. The molecule has 2 atom stereocenters. The van der Waals surface area contributed by atoms with Crippen LogP contribution in [0.25, 0.3) is 0 Å². The van der Waals surface area contributed by atoms with Crippen molar-refractivity contribution in [3.05, 3.63) is 63.6 Å². The lowest BCUT2D eigenvalue weighted by Gasteiger charge is -2.31. The zero-order valence-corrected chi connectivity index (χ0v) is 13.3. The van der Waals surface area contributed by atoms with Crippen LogP contribution in [0, 0.1) is 0 Å². The van der Waals surface area contributed by atoms with Gasteiger partial charge in [-0.05, 0) is 48.1 Å². The first-order valence-electron chi connectivity index (χ1n) is 7.52. The Morgan fingerprint density at radius 1 is 1.05 bits per heavy atom. The fraction of sp³-hybridized carbons (Fsp3) is 0.333. The first-order chi connectivity index (χ1) is 10.2. The summed E-state index contributed by atoms with van der Waals surface area (Å²) < 4.78 is 7.25. The smallest absolute Gasteiger partial charge is 0.126 e. The molecule has 0 bridgehead atoms. The van der Waals surface area contributed by atoms with E-state index in [-0.39, 0.29) is 12.1 Å². The van der Waals surface area contributed by atoms with E-state index in [1.165, 1.54) is 24.0 Å². The number of fused-ring (bicyclic) bond motifs is 1. The third-order valence-electron chi connectivity index (χ3n) is 4.44. The maximum atomic E-state index is 6.35. The van der Waals surface area contributed by atoms with Crippen molar-refractivity contribution in [2.45, 2.75) is 37.3 Å². The van der Waals surface area contributed by atoms with Crippen LogP contribution in [0.2, 0.25) is 0 Å². The van der Waals surface area contributed by atoms with Gasteiger partial charge in [-0.2, -0.15) is 0 Å². The third kappa shape index (κ3) is 2.60. The molecule has 1 fully saturated rings. The number of nitrogens with two attached hydrogens (primary N) is 1. The van der Waals surface area contributed by atoms with E-state index in [0.29, 0.717) is 0 Å². The Balaban J connectivity index is 1.65. The Kier molecular flexibility index (Phi) is 3.27. The van der Waals surface area contributed by atoms with Gasteiger partial charge in [-0.3, -0.25) is 0 Å². The van der Waals surface area contributed by atoms with Gasteiger partial charge in [0.25, 0.3) is 0 Å². The molecule has 21 heavy (non-hydrogen) atoms. The van der Waals surface area contributed by atoms with E-state index in [1.54, 1.807) is 0 Å². The summed E-state index contributed by atoms with van der Waals surface area (Å²) in [7, 11) is 0. The largest absolute Gasteiger partial charge is 0.485 e. The molecule has 0 aromatic heterocycles. The highest BCUT2D eigenvalue weighted by Crippen LogP contribution is 2.43. The lowest BCUT2D eigenvalue weighted by molar-refractivity contribution is 0.161. The van der Waals surface area contributed by atoms with Gasteiger partial charge >= 0.3 is 0 Å². The van der Waals surface area contributed by atoms with Gasteiger partial charge in [0, 0.05) is 22.5 Å². The summed E-state index contributed by atoms with van der Waals surface area (Å²) in [6.07, 6.45) is 3.54. The number of rotatable bonds is 2. The van der Waals surface area contributed by atoms with E-state index >= 15 is 0 Å². The molecule has 0 radical (unpaired) electrons. The van der Waals surface area contributed by atoms with Crippen LogP contribution in [0.4, 0.5) is 0 Å². The molecule has 2 aromatic rings. The van der Waals surface area contributed by atoms with E-state index in [1.807, 2.05) is 12.1 Å². The molecule has 108 valence electrons. The van der Waals surface area contributed by atoms with Gasteiger partial charge in [-0.1, -0.05) is 40.2 Å². The van der Waals surface area contributed by atoms with Crippen molar-refractivity contribution in [2.24, 2.45) is 5.73 Å². The molecule has 2 aliphatic rings. The molecule has 2 aromatic carbocycles. The average molecular weight is 344 g/mol. The first-order valence-corrected chi connectivity index (χ1v) is 8.31. The number of benzene rings is 2. The van der Waals surface area contributed by atoms with Crippen molar-refractivity contribution in [1.82, 2.24) is 0 Å². The molecule has 2 N–H and O–H groups in total. The molecule has 1 aliphatic heterocycles. The van der Waals surface area contributed by atoms with Crippen LogP contribution in [-0.4, -0.2) is 0 Å². The number of hydrogen-bond acceptors (Lipinski definition) is 2. The molecule has 2 nitrogen and oxygen atoms in total. The monoisotopic (exact) mass is 343 g/mol. The average Bonchev–Trinajstić information content (AvgIpc) is 3.33. The second-order valence-corrected chi connectivity index (χ2v) is 6.99. The van der Waals surface area contributed by atoms with Crippen LogP contribution in [0.3, 0.4) is 0 Å². The molecule has 1 unspecified atom stereocenters. The Hall–Kier alpha value is -1.32. The Morgan fingerprint density at radius 3 is 2.67 bits per heavy atom. The summed E-state index contributed by atoms with van der Waals surface area (Å²) in [6.45, 7) is 0. The van der Waals surface area contributed by atoms with Crippen molar-refractivity contribution < 1.29 is 4.74 Å². The van der Waals surface area contributed by atoms with Crippen molar-refractivity contribution in [1.29, 1.82) is 0 Å². The predicted molar refractivity (Wildman–Crippen MR) is 87.5 cm³/mol. The highest BCUT2D eigenvalue weighted by Gasteiger charge is 2.29. The molecule has 0 saturated heterocycles. The van der Waals surface area contributed by atoms with Gasteiger partial charge < -0.3 is 10.5 Å². The minimum absolute atomic E-state index is 0.0285. The second kappa shape index (κ2) is 5.15. The lowest BCUT2D eigenvalue weighted by Crippen LogP contribution is -2.24. The van der Waals surface area contributed by atoms with Crippen LogP contribution in [-0.2, 0) is 0 Å². The van der Waals surface area contributed by atoms with Crippen molar-refractivity contribution in [3.63, 3.8) is 0 Å². The van der Waals surface area contributed by atoms with Gasteiger partial charge in [0.05, 0.1) is 0 Å². The van der Waals surface area contributed by atoms with Gasteiger partial charge in [0.2, 0.25) is 0 Å². The van der Waals surface area contributed by atoms with Crippen molar-refractivity contribution in [3.8, 4) is 5.75 Å². The van der Waals surface area contributed by atoms with E-state index in [4.69, 9.17) is 10.5 Å². The van der Waals surface area contributed by atoms with Crippen LogP contribution < -0.4 is 10.5 Å². The zero-order valence-electron chi connectivity index (χ0n) is 11.8. The molecule has 0 amide bonds. The number of hydrogen-bond donors (Lipinski definition) is 1. The highest BCUT2D eigenvalue weighted by atomic mass is 79.9. The SMILES string of the molecule is N[C@@H]1CC(c2cccc(C3CC3)c2)Oc2ccc(Br)cc21. The summed E-state index contributed by atoms with van der Waals surface area (Å²) in [6, 6.07) is 15.0.